The number of anilines is 1. The third-order valence-corrected chi connectivity index (χ3v) is 6.47. The average molecular weight is 481 g/mol. The van der Waals surface area contributed by atoms with Gasteiger partial charge >= 0.3 is 0 Å². The molecule has 9 heteroatoms. The molecule has 0 unspecified atom stereocenters. The number of amides is 1. The lowest BCUT2D eigenvalue weighted by Crippen LogP contribution is -2.35. The molecule has 2 aromatic heterocycles. The van der Waals surface area contributed by atoms with Gasteiger partial charge in [-0.2, -0.15) is 0 Å². The monoisotopic (exact) mass is 480 g/mol. The van der Waals surface area contributed by atoms with Gasteiger partial charge in [-0.1, -0.05) is 42.5 Å². The zero-order valence-electron chi connectivity index (χ0n) is 18.2. The van der Waals surface area contributed by atoms with Crippen molar-refractivity contribution in [3.63, 3.8) is 0 Å². The third kappa shape index (κ3) is 4.96. The molecule has 0 saturated carbocycles. The van der Waals surface area contributed by atoms with Crippen LogP contribution in [0.4, 0.5) is 13.9 Å². The van der Waals surface area contributed by atoms with Gasteiger partial charge < -0.3 is 4.74 Å². The lowest BCUT2D eigenvalue weighted by Gasteiger charge is -2.25. The zero-order valence-corrected chi connectivity index (χ0v) is 19.0. The number of aromatic nitrogens is 2. The van der Waals surface area contributed by atoms with E-state index in [1.165, 1.54) is 23.5 Å². The molecule has 1 saturated heterocycles. The highest BCUT2D eigenvalue weighted by Crippen LogP contribution is 2.30. The summed E-state index contributed by atoms with van der Waals surface area (Å²) in [5, 5.41) is 6.09. The van der Waals surface area contributed by atoms with Gasteiger partial charge in [0, 0.05) is 41.5 Å². The quantitative estimate of drug-likeness (QED) is 0.401. The van der Waals surface area contributed by atoms with Crippen LogP contribution in [0, 0.1) is 0 Å². The van der Waals surface area contributed by atoms with E-state index in [-0.39, 0.29) is 17.2 Å². The second kappa shape index (κ2) is 9.92. The Hall–Kier alpha value is -3.27. The number of nitrogens with one attached hydrogen (secondary N) is 1. The molecule has 4 aromatic rings. The molecule has 6 nitrogen and oxygen atoms in total. The smallest absolute Gasteiger partial charge is 0.276 e. The number of halogens is 2. The minimum absolute atomic E-state index is 0.0555. The lowest BCUT2D eigenvalue weighted by molar-refractivity contribution is 0.0337. The van der Waals surface area contributed by atoms with Crippen LogP contribution in [-0.4, -0.2) is 47.1 Å². The van der Waals surface area contributed by atoms with E-state index in [0.29, 0.717) is 28.3 Å². The minimum atomic E-state index is -2.56. The Morgan fingerprint density at radius 1 is 1.09 bits per heavy atom. The number of carbonyl (C=O) groups excluding carboxylic acids is 1. The highest BCUT2D eigenvalue weighted by atomic mass is 32.1. The first kappa shape index (κ1) is 22.5. The van der Waals surface area contributed by atoms with Crippen LogP contribution in [-0.2, 0) is 11.3 Å². The summed E-state index contributed by atoms with van der Waals surface area (Å²) in [6, 6.07) is 15.2. The van der Waals surface area contributed by atoms with Crippen molar-refractivity contribution in [1.29, 1.82) is 0 Å². The van der Waals surface area contributed by atoms with Gasteiger partial charge in [0.15, 0.2) is 5.13 Å². The summed E-state index contributed by atoms with van der Waals surface area (Å²) in [6.45, 7) is 3.88. The first-order chi connectivity index (χ1) is 16.6. The molecule has 1 fully saturated rings. The highest BCUT2D eigenvalue weighted by Gasteiger charge is 2.16. The number of pyridine rings is 1. The summed E-state index contributed by atoms with van der Waals surface area (Å²) >= 11 is 1.37. The van der Waals surface area contributed by atoms with E-state index in [1.807, 2.05) is 29.6 Å². The number of alkyl halides is 2. The molecular formula is C25H22F2N4O2S. The molecular weight excluding hydrogens is 458 g/mol. The first-order valence-corrected chi connectivity index (χ1v) is 11.8. The van der Waals surface area contributed by atoms with Gasteiger partial charge in [-0.25, -0.2) is 18.7 Å². The Labute approximate surface area is 199 Å². The predicted molar refractivity (Wildman–Crippen MR) is 128 cm³/mol. The van der Waals surface area contributed by atoms with Crippen LogP contribution >= 0.6 is 11.3 Å². The maximum Gasteiger partial charge on any atom is 0.276 e. The van der Waals surface area contributed by atoms with E-state index in [4.69, 9.17) is 4.74 Å². The molecule has 0 bridgehead atoms. The predicted octanol–water partition coefficient (Wildman–Crippen LogP) is 5.38. The van der Waals surface area contributed by atoms with Gasteiger partial charge in [-0.15, -0.1) is 11.3 Å². The van der Waals surface area contributed by atoms with Gasteiger partial charge in [0.2, 0.25) is 0 Å². The Kier molecular flexibility index (Phi) is 6.57. The molecule has 3 heterocycles. The number of hydrogen-bond donors (Lipinski definition) is 1. The number of thiazole rings is 1. The number of benzene rings is 2. The van der Waals surface area contributed by atoms with Crippen molar-refractivity contribution in [1.82, 2.24) is 14.9 Å². The van der Waals surface area contributed by atoms with Crippen molar-refractivity contribution >= 4 is 33.3 Å². The number of para-hydroxylation sites is 1. The van der Waals surface area contributed by atoms with E-state index < -0.39 is 6.43 Å². The zero-order chi connectivity index (χ0) is 23.5. The third-order valence-electron chi connectivity index (χ3n) is 5.66. The van der Waals surface area contributed by atoms with Crippen molar-refractivity contribution in [2.45, 2.75) is 13.0 Å². The van der Waals surface area contributed by atoms with Crippen LogP contribution < -0.4 is 5.32 Å². The summed E-state index contributed by atoms with van der Waals surface area (Å²) in [6.07, 6.45) is -2.56. The van der Waals surface area contributed by atoms with Crippen LogP contribution in [0.2, 0.25) is 0 Å². The topological polar surface area (TPSA) is 67.4 Å². The van der Waals surface area contributed by atoms with Gasteiger partial charge in [-0.05, 0) is 17.7 Å². The number of fused-ring (bicyclic) bond motifs is 1. The lowest BCUT2D eigenvalue weighted by atomic mass is 10.00. The Morgan fingerprint density at radius 2 is 1.91 bits per heavy atom. The fourth-order valence-corrected chi connectivity index (χ4v) is 4.63. The molecule has 0 aliphatic carbocycles. The number of hydrogen-bond acceptors (Lipinski definition) is 6. The molecule has 0 spiro atoms. The van der Waals surface area contributed by atoms with E-state index in [0.717, 1.165) is 37.4 Å². The molecule has 0 atom stereocenters. The summed E-state index contributed by atoms with van der Waals surface area (Å²) in [5.74, 6) is -0.370. The molecule has 1 aliphatic rings. The molecule has 1 aliphatic heterocycles. The summed E-state index contributed by atoms with van der Waals surface area (Å²) in [7, 11) is 0. The number of nitrogens with zero attached hydrogens (tertiary/aromatic N) is 3. The summed E-state index contributed by atoms with van der Waals surface area (Å²) < 4.78 is 31.8. The van der Waals surface area contributed by atoms with Crippen molar-refractivity contribution in [3.8, 4) is 11.1 Å². The van der Waals surface area contributed by atoms with Gasteiger partial charge in [-0.3, -0.25) is 15.0 Å². The molecule has 2 aromatic carbocycles. The number of rotatable bonds is 6. The van der Waals surface area contributed by atoms with E-state index in [1.54, 1.807) is 18.2 Å². The van der Waals surface area contributed by atoms with Gasteiger partial charge in [0.25, 0.3) is 12.3 Å². The first-order valence-electron chi connectivity index (χ1n) is 10.9. The van der Waals surface area contributed by atoms with Gasteiger partial charge in [0.05, 0.1) is 24.4 Å². The minimum Gasteiger partial charge on any atom is -0.379 e. The van der Waals surface area contributed by atoms with Crippen LogP contribution in [0.5, 0.6) is 0 Å². The molecule has 0 radical (unpaired) electrons. The SMILES string of the molecule is O=C(Nc1nc(CN2CCOCC2)cs1)c1ccc2cccc(-c3cccc(C(F)F)c3)c2n1. The van der Waals surface area contributed by atoms with Crippen molar-refractivity contribution in [3.05, 3.63) is 76.9 Å². The summed E-state index contributed by atoms with van der Waals surface area (Å²) in [5.41, 5.74) is 2.97. The van der Waals surface area contributed by atoms with Crippen LogP contribution in [0.1, 0.15) is 28.2 Å². The van der Waals surface area contributed by atoms with E-state index in [2.05, 4.69) is 20.2 Å². The Bertz CT molecular complexity index is 1320. The second-order valence-electron chi connectivity index (χ2n) is 7.99. The number of morpholine rings is 1. The van der Waals surface area contributed by atoms with Crippen LogP contribution in [0.15, 0.2) is 60.0 Å². The number of ether oxygens (including phenoxy) is 1. The van der Waals surface area contributed by atoms with Crippen molar-refractivity contribution in [2.75, 3.05) is 31.6 Å². The standard InChI is InChI=1S/C25H22F2N4O2S/c26-23(27)18-5-1-4-17(13-18)20-6-2-3-16-7-8-21(29-22(16)20)24(32)30-25-28-19(15-34-25)14-31-9-11-33-12-10-31/h1-8,13,15,23H,9-12,14H2,(H,28,30,32). The highest BCUT2D eigenvalue weighted by molar-refractivity contribution is 7.14. The Morgan fingerprint density at radius 3 is 2.74 bits per heavy atom. The molecule has 5 rings (SSSR count). The average Bonchev–Trinajstić information content (AvgIpc) is 3.30. The van der Waals surface area contributed by atoms with Gasteiger partial charge in [0.1, 0.15) is 5.69 Å². The second-order valence-corrected chi connectivity index (χ2v) is 8.84. The maximum absolute atomic E-state index is 13.2. The Balaban J connectivity index is 1.37. The van der Waals surface area contributed by atoms with Crippen LogP contribution in [0.3, 0.4) is 0 Å². The molecule has 1 amide bonds. The molecule has 174 valence electrons. The van der Waals surface area contributed by atoms with E-state index in [9.17, 15) is 13.6 Å². The van der Waals surface area contributed by atoms with Crippen molar-refractivity contribution < 1.29 is 18.3 Å². The largest absolute Gasteiger partial charge is 0.379 e. The number of carbonyl (C=O) groups is 1. The van der Waals surface area contributed by atoms with E-state index >= 15 is 0 Å². The van der Waals surface area contributed by atoms with Crippen molar-refractivity contribution in [2.24, 2.45) is 0 Å². The fourth-order valence-electron chi connectivity index (χ4n) is 3.93. The fraction of sp³-hybridized carbons (Fsp3) is 0.240. The van der Waals surface area contributed by atoms with Crippen LogP contribution in [0.25, 0.3) is 22.0 Å². The molecule has 34 heavy (non-hydrogen) atoms. The maximum atomic E-state index is 13.2. The summed E-state index contributed by atoms with van der Waals surface area (Å²) in [4.78, 5) is 24.3. The molecule has 1 N–H and O–H groups in total. The normalized spacial score (nSPS) is 14.6.